The van der Waals surface area contributed by atoms with Crippen molar-refractivity contribution in [3.05, 3.63) is 17.9 Å². The Morgan fingerprint density at radius 3 is 2.55 bits per heavy atom. The summed E-state index contributed by atoms with van der Waals surface area (Å²) >= 11 is 0. The molecule has 0 bridgehead atoms. The van der Waals surface area contributed by atoms with E-state index in [1.165, 1.54) is 31.1 Å². The van der Waals surface area contributed by atoms with E-state index in [9.17, 15) is 18.3 Å². The zero-order chi connectivity index (χ0) is 15.1. The van der Waals surface area contributed by atoms with Crippen molar-refractivity contribution in [3.8, 4) is 0 Å². The van der Waals surface area contributed by atoms with Gasteiger partial charge in [-0.05, 0) is 18.6 Å². The van der Waals surface area contributed by atoms with Gasteiger partial charge in [-0.25, -0.2) is 12.7 Å². The van der Waals surface area contributed by atoms with E-state index in [0.29, 0.717) is 6.42 Å². The molecule has 20 heavy (non-hydrogen) atoms. The fraction of sp³-hybridized carbons (Fsp3) is 0.583. The Balaban J connectivity index is 2.13. The van der Waals surface area contributed by atoms with Gasteiger partial charge >= 0.3 is 0 Å². The quantitative estimate of drug-likeness (QED) is 0.853. The van der Waals surface area contributed by atoms with Crippen molar-refractivity contribution >= 4 is 15.9 Å². The van der Waals surface area contributed by atoms with Crippen molar-refractivity contribution in [2.75, 3.05) is 27.2 Å². The molecule has 8 heteroatoms. The third-order valence-corrected chi connectivity index (χ3v) is 5.13. The number of carbonyl (C=O) groups excluding carboxylic acids is 1. The summed E-state index contributed by atoms with van der Waals surface area (Å²) in [5.41, 5.74) is -0.833. The molecule has 1 fully saturated rings. The number of rotatable bonds is 4. The van der Waals surface area contributed by atoms with Crippen LogP contribution in [0.3, 0.4) is 0 Å². The van der Waals surface area contributed by atoms with Gasteiger partial charge in [0.25, 0.3) is 15.9 Å². The van der Waals surface area contributed by atoms with Crippen LogP contribution in [0.25, 0.3) is 0 Å². The smallest absolute Gasteiger partial charge is 0.289 e. The summed E-state index contributed by atoms with van der Waals surface area (Å²) in [6.07, 6.45) is 0.565. The fourth-order valence-corrected chi connectivity index (χ4v) is 2.74. The van der Waals surface area contributed by atoms with Gasteiger partial charge in [0.15, 0.2) is 5.76 Å². The maximum absolute atomic E-state index is 12.1. The Bertz CT molecular complexity index is 614. The lowest BCUT2D eigenvalue weighted by molar-refractivity contribution is -0.0835. The predicted octanol–water partition coefficient (Wildman–Crippen LogP) is 0.127. The van der Waals surface area contributed by atoms with Crippen LogP contribution in [0.15, 0.2) is 21.6 Å². The Hall–Kier alpha value is -1.38. The van der Waals surface area contributed by atoms with Gasteiger partial charge in [0.2, 0.25) is 5.09 Å². The molecule has 0 spiro atoms. The van der Waals surface area contributed by atoms with Crippen LogP contribution >= 0.6 is 0 Å². The first-order chi connectivity index (χ1) is 9.19. The molecule has 1 aliphatic rings. The van der Waals surface area contributed by atoms with Gasteiger partial charge in [-0.3, -0.25) is 4.79 Å². The van der Waals surface area contributed by atoms with Gasteiger partial charge in [0.05, 0.1) is 18.7 Å². The number of likely N-dealkylation sites (tertiary alicyclic amines) is 1. The molecule has 1 amide bonds. The van der Waals surface area contributed by atoms with Crippen LogP contribution in [0, 0.1) is 0 Å². The number of amides is 1. The van der Waals surface area contributed by atoms with Gasteiger partial charge in [-0.2, -0.15) is 0 Å². The average Bonchev–Trinajstić information content (AvgIpc) is 2.84. The van der Waals surface area contributed by atoms with Crippen LogP contribution in [-0.2, 0) is 10.0 Å². The van der Waals surface area contributed by atoms with Crippen molar-refractivity contribution in [2.24, 2.45) is 0 Å². The lowest BCUT2D eigenvalue weighted by Gasteiger charge is -2.45. The zero-order valence-electron chi connectivity index (χ0n) is 11.7. The van der Waals surface area contributed by atoms with Gasteiger partial charge in [-0.1, -0.05) is 6.92 Å². The molecule has 1 saturated heterocycles. The molecule has 1 aromatic heterocycles. The summed E-state index contributed by atoms with van der Waals surface area (Å²) in [5, 5.41) is 9.60. The van der Waals surface area contributed by atoms with E-state index in [0.717, 1.165) is 4.31 Å². The molecule has 1 N–H and O–H groups in total. The summed E-state index contributed by atoms with van der Waals surface area (Å²) in [5.74, 6) is -0.452. The topological polar surface area (TPSA) is 91.1 Å². The predicted molar refractivity (Wildman–Crippen MR) is 70.7 cm³/mol. The van der Waals surface area contributed by atoms with E-state index < -0.39 is 21.5 Å². The molecule has 7 nitrogen and oxygen atoms in total. The van der Waals surface area contributed by atoms with Crippen molar-refractivity contribution in [1.82, 2.24) is 9.21 Å². The van der Waals surface area contributed by atoms with Crippen LogP contribution in [0.2, 0.25) is 0 Å². The summed E-state index contributed by atoms with van der Waals surface area (Å²) in [6, 6.07) is 2.59. The largest absolute Gasteiger partial charge is 0.438 e. The van der Waals surface area contributed by atoms with E-state index in [1.807, 2.05) is 6.92 Å². The second kappa shape index (κ2) is 4.87. The summed E-state index contributed by atoms with van der Waals surface area (Å²) in [4.78, 5) is 13.5. The molecular formula is C12H18N2O5S. The third kappa shape index (κ3) is 2.46. The average molecular weight is 302 g/mol. The number of sulfonamides is 1. The number of hydrogen-bond donors (Lipinski definition) is 1. The highest BCUT2D eigenvalue weighted by molar-refractivity contribution is 7.88. The minimum atomic E-state index is -3.68. The summed E-state index contributed by atoms with van der Waals surface area (Å²) < 4.78 is 29.8. The Labute approximate surface area is 117 Å². The Morgan fingerprint density at radius 2 is 2.05 bits per heavy atom. The van der Waals surface area contributed by atoms with Crippen LogP contribution in [0.5, 0.6) is 0 Å². The van der Waals surface area contributed by atoms with Crippen molar-refractivity contribution in [3.63, 3.8) is 0 Å². The Morgan fingerprint density at radius 1 is 1.45 bits per heavy atom. The summed E-state index contributed by atoms with van der Waals surface area (Å²) in [7, 11) is -0.915. The molecule has 0 radical (unpaired) electrons. The maximum Gasteiger partial charge on any atom is 0.289 e. The molecule has 112 valence electrons. The van der Waals surface area contributed by atoms with Crippen molar-refractivity contribution in [1.29, 1.82) is 0 Å². The molecule has 2 rings (SSSR count). The van der Waals surface area contributed by atoms with Crippen LogP contribution < -0.4 is 0 Å². The lowest BCUT2D eigenvalue weighted by atomic mass is 9.91. The Kier molecular flexibility index (Phi) is 3.66. The van der Waals surface area contributed by atoms with Crippen molar-refractivity contribution in [2.45, 2.75) is 24.0 Å². The first-order valence-electron chi connectivity index (χ1n) is 6.23. The minimum absolute atomic E-state index is 0.0384. The van der Waals surface area contributed by atoms with E-state index in [4.69, 9.17) is 4.42 Å². The monoisotopic (exact) mass is 302 g/mol. The van der Waals surface area contributed by atoms with Gasteiger partial charge in [-0.15, -0.1) is 0 Å². The van der Waals surface area contributed by atoms with Crippen LogP contribution in [0.1, 0.15) is 23.9 Å². The standard InChI is InChI=1S/C12H18N2O5S/c1-4-12(16)7-14(8-12)11(15)9-5-6-10(19-9)20(17,18)13(2)3/h5-6,16H,4,7-8H2,1-3H3. The zero-order valence-corrected chi connectivity index (χ0v) is 12.5. The molecule has 2 heterocycles. The van der Waals surface area contributed by atoms with Crippen LogP contribution in [0.4, 0.5) is 0 Å². The van der Waals surface area contributed by atoms with E-state index in [1.54, 1.807) is 0 Å². The van der Waals surface area contributed by atoms with Gasteiger partial charge in [0.1, 0.15) is 0 Å². The highest BCUT2D eigenvalue weighted by atomic mass is 32.2. The molecular weight excluding hydrogens is 284 g/mol. The van der Waals surface area contributed by atoms with Gasteiger partial charge < -0.3 is 14.4 Å². The second-order valence-electron chi connectivity index (χ2n) is 5.15. The molecule has 0 aromatic carbocycles. The highest BCUT2D eigenvalue weighted by Crippen LogP contribution is 2.27. The van der Waals surface area contributed by atoms with Crippen LogP contribution in [-0.4, -0.2) is 61.4 Å². The molecule has 0 unspecified atom stereocenters. The number of carbonyl (C=O) groups is 1. The maximum atomic E-state index is 12.1. The molecule has 1 aromatic rings. The normalized spacial score (nSPS) is 18.1. The summed E-state index contributed by atoms with van der Waals surface area (Å²) in [6.45, 7) is 2.31. The van der Waals surface area contributed by atoms with E-state index in [-0.39, 0.29) is 23.9 Å². The number of furan rings is 1. The fourth-order valence-electron chi connectivity index (χ4n) is 1.94. The minimum Gasteiger partial charge on any atom is -0.438 e. The first-order valence-corrected chi connectivity index (χ1v) is 7.68. The third-order valence-electron chi connectivity index (χ3n) is 3.44. The lowest BCUT2D eigenvalue weighted by Crippen LogP contribution is -2.63. The van der Waals surface area contributed by atoms with E-state index in [2.05, 4.69) is 0 Å². The first kappa shape index (κ1) is 15.0. The second-order valence-corrected chi connectivity index (χ2v) is 7.23. The molecule has 1 aliphatic heterocycles. The number of nitrogens with zero attached hydrogens (tertiary/aromatic N) is 2. The molecule has 0 atom stereocenters. The molecule has 0 saturated carbocycles. The number of β-amino-alcohol motifs (C(OH)–C–C–N with tert-alkyl or cyclic N) is 1. The van der Waals surface area contributed by atoms with Crippen molar-refractivity contribution < 1.29 is 22.7 Å². The molecule has 0 aliphatic carbocycles. The number of hydrogen-bond acceptors (Lipinski definition) is 5. The number of aliphatic hydroxyl groups is 1. The van der Waals surface area contributed by atoms with Gasteiger partial charge in [0, 0.05) is 14.1 Å². The SMILES string of the molecule is CCC1(O)CN(C(=O)c2ccc(S(=O)(=O)N(C)C)o2)C1. The highest BCUT2D eigenvalue weighted by Gasteiger charge is 2.43. The van der Waals surface area contributed by atoms with E-state index >= 15 is 0 Å².